The Balaban J connectivity index is 1.87. The lowest BCUT2D eigenvalue weighted by atomic mass is 10.2. The van der Waals surface area contributed by atoms with Gasteiger partial charge in [-0.05, 0) is 23.8 Å². The van der Waals surface area contributed by atoms with Gasteiger partial charge in [0.05, 0.1) is 10.6 Å². The Kier molecular flexibility index (Phi) is 8.14. The van der Waals surface area contributed by atoms with Crippen LogP contribution in [0.25, 0.3) is 10.7 Å². The minimum Gasteiger partial charge on any atom is -0.383 e. The summed E-state index contributed by atoms with van der Waals surface area (Å²) < 4.78 is 3.15. The molecule has 0 aliphatic carbocycles. The molecule has 1 amide bonds. The van der Waals surface area contributed by atoms with Crippen molar-refractivity contribution in [2.24, 2.45) is 13.0 Å². The largest absolute Gasteiger partial charge is 0.383 e. The third-order valence-electron chi connectivity index (χ3n) is 4.97. The van der Waals surface area contributed by atoms with Crippen LogP contribution >= 0.6 is 23.1 Å². The van der Waals surface area contributed by atoms with E-state index >= 15 is 0 Å². The highest BCUT2D eigenvalue weighted by Crippen LogP contribution is 2.27. The van der Waals surface area contributed by atoms with Crippen LogP contribution in [0.4, 0.5) is 11.5 Å². The van der Waals surface area contributed by atoms with E-state index in [0.29, 0.717) is 24.7 Å². The predicted octanol–water partition coefficient (Wildman–Crippen LogP) is 2.56. The van der Waals surface area contributed by atoms with Crippen molar-refractivity contribution < 1.29 is 4.79 Å². The first-order chi connectivity index (χ1) is 15.7. The number of nitrogens with two attached hydrogens (primary N) is 1. The molecule has 0 atom stereocenters. The average Bonchev–Trinajstić information content (AvgIpc) is 3.41. The van der Waals surface area contributed by atoms with Crippen LogP contribution in [0.15, 0.2) is 32.3 Å². The van der Waals surface area contributed by atoms with Gasteiger partial charge in [-0.1, -0.05) is 45.0 Å². The topological polar surface area (TPSA) is 132 Å². The van der Waals surface area contributed by atoms with Crippen LogP contribution < -0.4 is 21.9 Å². The van der Waals surface area contributed by atoms with Crippen LogP contribution in [-0.4, -0.2) is 42.5 Å². The Morgan fingerprint density at radius 2 is 2.09 bits per heavy atom. The van der Waals surface area contributed by atoms with Crippen LogP contribution in [0.3, 0.4) is 0 Å². The van der Waals surface area contributed by atoms with E-state index in [1.807, 2.05) is 49.9 Å². The molecule has 178 valence electrons. The first kappa shape index (κ1) is 24.8. The zero-order chi connectivity index (χ0) is 24.1. The summed E-state index contributed by atoms with van der Waals surface area (Å²) in [6.45, 7) is 6.54. The number of carbonyl (C=O) groups is 1. The normalized spacial score (nSPS) is 11.3. The number of nitrogens with one attached hydrogen (secondary N) is 1. The number of nitrogens with zero attached hydrogens (tertiary/aromatic N) is 5. The summed E-state index contributed by atoms with van der Waals surface area (Å²) in [5.41, 5.74) is 5.03. The van der Waals surface area contributed by atoms with Crippen molar-refractivity contribution >= 4 is 40.5 Å². The molecule has 3 N–H and O–H groups in total. The van der Waals surface area contributed by atoms with Crippen molar-refractivity contribution in [1.82, 2.24) is 24.3 Å². The van der Waals surface area contributed by atoms with Gasteiger partial charge in [0, 0.05) is 20.1 Å². The fourth-order valence-corrected chi connectivity index (χ4v) is 4.86. The second-order valence-electron chi connectivity index (χ2n) is 8.03. The Labute approximate surface area is 199 Å². The zero-order valence-corrected chi connectivity index (χ0v) is 20.8. The Hall–Kier alpha value is -2.86. The smallest absolute Gasteiger partial charge is 0.330 e. The third kappa shape index (κ3) is 5.56. The van der Waals surface area contributed by atoms with Gasteiger partial charge in [-0.2, -0.15) is 0 Å². The van der Waals surface area contributed by atoms with Gasteiger partial charge < -0.3 is 15.2 Å². The van der Waals surface area contributed by atoms with Gasteiger partial charge in [-0.15, -0.1) is 21.5 Å². The molecule has 12 heteroatoms. The number of aromatic nitrogens is 5. The minimum absolute atomic E-state index is 0.00513. The van der Waals surface area contributed by atoms with Gasteiger partial charge in [0.15, 0.2) is 16.7 Å². The Morgan fingerprint density at radius 1 is 1.33 bits per heavy atom. The lowest BCUT2D eigenvalue weighted by molar-refractivity contribution is -0.116. The molecule has 3 rings (SSSR count). The minimum atomic E-state index is -0.661. The van der Waals surface area contributed by atoms with Crippen molar-refractivity contribution in [3.05, 3.63) is 38.4 Å². The Morgan fingerprint density at radius 3 is 2.73 bits per heavy atom. The summed E-state index contributed by atoms with van der Waals surface area (Å²) in [4.78, 5) is 42.9. The number of rotatable bonds is 10. The lowest BCUT2D eigenvalue weighted by Crippen LogP contribution is -2.42. The van der Waals surface area contributed by atoms with Crippen molar-refractivity contribution in [1.29, 1.82) is 0 Å². The molecule has 0 saturated carbocycles. The zero-order valence-electron chi connectivity index (χ0n) is 19.2. The average molecular weight is 492 g/mol. The number of H-pyrrole nitrogens is 1. The summed E-state index contributed by atoms with van der Waals surface area (Å²) >= 11 is 2.80. The highest BCUT2D eigenvalue weighted by molar-refractivity contribution is 7.99. The van der Waals surface area contributed by atoms with Crippen molar-refractivity contribution in [2.75, 3.05) is 22.9 Å². The SMILES string of the molecule is CCCCN(C(=O)CSc1nnc(-c2cccs2)n1C)c1c(N)n(CC(C)C)c(=O)[nH]c1=O. The molecule has 33 heavy (non-hydrogen) atoms. The molecule has 0 bridgehead atoms. The van der Waals surface area contributed by atoms with Crippen molar-refractivity contribution in [3.63, 3.8) is 0 Å². The van der Waals surface area contributed by atoms with Crippen molar-refractivity contribution in [3.8, 4) is 10.7 Å². The van der Waals surface area contributed by atoms with Crippen LogP contribution in [0.1, 0.15) is 33.6 Å². The van der Waals surface area contributed by atoms with Crippen LogP contribution in [0.2, 0.25) is 0 Å². The number of thiophene rings is 1. The quantitative estimate of drug-likeness (QED) is 0.417. The molecule has 3 heterocycles. The molecule has 0 fully saturated rings. The summed E-state index contributed by atoms with van der Waals surface area (Å²) in [5, 5.41) is 11.0. The molecule has 0 unspecified atom stereocenters. The number of hydrogen-bond donors (Lipinski definition) is 2. The molecule has 0 saturated heterocycles. The van der Waals surface area contributed by atoms with Gasteiger partial charge >= 0.3 is 5.69 Å². The molecular weight excluding hydrogens is 462 g/mol. The molecule has 0 radical (unpaired) electrons. The van der Waals surface area contributed by atoms with Gasteiger partial charge in [0.1, 0.15) is 5.82 Å². The number of unbranched alkanes of at least 4 members (excludes halogenated alkanes) is 1. The summed E-state index contributed by atoms with van der Waals surface area (Å²) in [6, 6.07) is 3.90. The fourth-order valence-electron chi connectivity index (χ4n) is 3.33. The van der Waals surface area contributed by atoms with E-state index in [1.165, 1.54) is 21.2 Å². The van der Waals surface area contributed by atoms with E-state index in [2.05, 4.69) is 15.2 Å². The maximum atomic E-state index is 13.2. The first-order valence-electron chi connectivity index (χ1n) is 10.7. The van der Waals surface area contributed by atoms with E-state index in [-0.39, 0.29) is 29.1 Å². The van der Waals surface area contributed by atoms with Gasteiger partial charge in [0.2, 0.25) is 5.91 Å². The van der Waals surface area contributed by atoms with E-state index in [1.54, 1.807) is 11.3 Å². The monoisotopic (exact) mass is 491 g/mol. The molecule has 3 aromatic rings. The van der Waals surface area contributed by atoms with E-state index in [9.17, 15) is 14.4 Å². The van der Waals surface area contributed by atoms with Gasteiger partial charge in [-0.3, -0.25) is 19.1 Å². The number of thioether (sulfide) groups is 1. The van der Waals surface area contributed by atoms with Crippen molar-refractivity contribution in [2.45, 2.75) is 45.3 Å². The van der Waals surface area contributed by atoms with Crippen LogP contribution in [-0.2, 0) is 18.4 Å². The van der Waals surface area contributed by atoms with E-state index < -0.39 is 11.2 Å². The maximum Gasteiger partial charge on any atom is 0.330 e. The number of amides is 1. The number of nitrogen functional groups attached to an aromatic ring is 1. The van der Waals surface area contributed by atoms with E-state index in [4.69, 9.17) is 5.73 Å². The number of hydrogen-bond acceptors (Lipinski definition) is 8. The highest BCUT2D eigenvalue weighted by atomic mass is 32.2. The second-order valence-corrected chi connectivity index (χ2v) is 9.92. The highest BCUT2D eigenvalue weighted by Gasteiger charge is 2.25. The van der Waals surface area contributed by atoms with Crippen LogP contribution in [0, 0.1) is 5.92 Å². The summed E-state index contributed by atoms with van der Waals surface area (Å²) in [6.07, 6.45) is 1.51. The predicted molar refractivity (Wildman–Crippen MR) is 133 cm³/mol. The fraction of sp³-hybridized carbons (Fsp3) is 0.476. The Bertz CT molecular complexity index is 1210. The second kappa shape index (κ2) is 10.8. The molecule has 0 spiro atoms. The number of aromatic amines is 1. The molecule has 3 aromatic heterocycles. The van der Waals surface area contributed by atoms with Crippen LogP contribution in [0.5, 0.6) is 0 Å². The van der Waals surface area contributed by atoms with Gasteiger partial charge in [0.25, 0.3) is 5.56 Å². The summed E-state index contributed by atoms with van der Waals surface area (Å²) in [5.74, 6) is 0.617. The molecule has 0 aliphatic heterocycles. The molecule has 0 aliphatic rings. The molecular formula is C21H29N7O3S2. The number of carbonyl (C=O) groups excluding carboxylic acids is 1. The third-order valence-corrected chi connectivity index (χ3v) is 6.84. The lowest BCUT2D eigenvalue weighted by Gasteiger charge is -2.24. The van der Waals surface area contributed by atoms with E-state index in [0.717, 1.165) is 17.1 Å². The standard InChI is InChI=1S/C21H29N7O3S2/c1-5-6-9-27(16-17(22)28(11-13(2)3)20(31)23-19(16)30)15(29)12-33-21-25-24-18(26(21)4)14-8-7-10-32-14/h7-8,10,13H,5-6,9,11-12,22H2,1-4H3,(H,23,30,31). The van der Waals surface area contributed by atoms with Gasteiger partial charge in [-0.25, -0.2) is 4.79 Å². The number of anilines is 2. The summed E-state index contributed by atoms with van der Waals surface area (Å²) in [7, 11) is 1.85. The first-order valence-corrected chi connectivity index (χ1v) is 12.6. The maximum absolute atomic E-state index is 13.2. The molecule has 0 aromatic carbocycles. The molecule has 10 nitrogen and oxygen atoms in total.